The van der Waals surface area contributed by atoms with E-state index in [1.807, 2.05) is 19.9 Å². The number of ether oxygens (including phenoxy) is 1. The summed E-state index contributed by atoms with van der Waals surface area (Å²) in [6, 6.07) is 5.34. The third-order valence-electron chi connectivity index (χ3n) is 5.14. The molecule has 2 aromatic rings. The van der Waals surface area contributed by atoms with Crippen molar-refractivity contribution in [2.24, 2.45) is 0 Å². The highest BCUT2D eigenvalue weighted by Gasteiger charge is 2.18. The van der Waals surface area contributed by atoms with Crippen molar-refractivity contribution in [3.05, 3.63) is 53.1 Å². The molecule has 0 bridgehead atoms. The van der Waals surface area contributed by atoms with Gasteiger partial charge >= 0.3 is 0 Å². The molecule has 2 amide bonds. The summed E-state index contributed by atoms with van der Waals surface area (Å²) >= 11 is 0. The summed E-state index contributed by atoms with van der Waals surface area (Å²) in [7, 11) is 1.80. The van der Waals surface area contributed by atoms with Gasteiger partial charge in [-0.3, -0.25) is 14.6 Å². The van der Waals surface area contributed by atoms with Crippen LogP contribution in [0.4, 0.5) is 5.69 Å². The molecule has 0 aliphatic carbocycles. The molecule has 2 heterocycles. The van der Waals surface area contributed by atoms with E-state index in [1.54, 1.807) is 30.3 Å². The predicted octanol–water partition coefficient (Wildman–Crippen LogP) is 3.38. The first kappa shape index (κ1) is 20.9. The zero-order valence-corrected chi connectivity index (χ0v) is 17.3. The van der Waals surface area contributed by atoms with Gasteiger partial charge in [0.25, 0.3) is 11.8 Å². The molecule has 1 fully saturated rings. The van der Waals surface area contributed by atoms with Crippen LogP contribution in [0, 0.1) is 13.8 Å². The van der Waals surface area contributed by atoms with Gasteiger partial charge in [-0.15, -0.1) is 0 Å². The van der Waals surface area contributed by atoms with E-state index in [-0.39, 0.29) is 17.5 Å². The van der Waals surface area contributed by atoms with Crippen LogP contribution < -0.4 is 5.32 Å². The molecule has 1 aliphatic heterocycles. The van der Waals surface area contributed by atoms with Gasteiger partial charge in [0.05, 0.1) is 18.0 Å². The number of carbonyl (C=O) groups is 2. The zero-order valence-electron chi connectivity index (χ0n) is 17.3. The van der Waals surface area contributed by atoms with Gasteiger partial charge in [-0.25, -0.2) is 4.98 Å². The fourth-order valence-electron chi connectivity index (χ4n) is 3.34. The van der Waals surface area contributed by atoms with Crippen molar-refractivity contribution in [3.63, 3.8) is 0 Å². The van der Waals surface area contributed by atoms with Gasteiger partial charge in [-0.2, -0.15) is 0 Å². The van der Waals surface area contributed by atoms with Crippen molar-refractivity contribution in [2.45, 2.75) is 45.6 Å². The van der Waals surface area contributed by atoms with Crippen LogP contribution in [0.5, 0.6) is 0 Å². The summed E-state index contributed by atoms with van der Waals surface area (Å²) < 4.78 is 5.64. The second-order valence-corrected chi connectivity index (χ2v) is 7.53. The minimum absolute atomic E-state index is 0.0667. The first-order chi connectivity index (χ1) is 13.9. The smallest absolute Gasteiger partial charge is 0.275 e. The fraction of sp³-hybridized carbons (Fsp3) is 0.455. The maximum atomic E-state index is 12.8. The molecule has 0 saturated carbocycles. The highest BCUT2D eigenvalue weighted by Crippen LogP contribution is 2.20. The molecule has 1 aliphatic rings. The van der Waals surface area contributed by atoms with Gasteiger partial charge < -0.3 is 15.0 Å². The van der Waals surface area contributed by atoms with Crippen LogP contribution in [0.3, 0.4) is 0 Å². The van der Waals surface area contributed by atoms with Gasteiger partial charge in [0.15, 0.2) is 0 Å². The second kappa shape index (κ2) is 9.60. The third-order valence-corrected chi connectivity index (χ3v) is 5.14. The van der Waals surface area contributed by atoms with Crippen molar-refractivity contribution < 1.29 is 14.3 Å². The number of nitrogens with zero attached hydrogens (tertiary/aromatic N) is 3. The normalized spacial score (nSPS) is 15.9. The van der Waals surface area contributed by atoms with Crippen LogP contribution in [-0.4, -0.2) is 53.0 Å². The Hall–Kier alpha value is -2.80. The van der Waals surface area contributed by atoms with Crippen LogP contribution in [0.15, 0.2) is 30.6 Å². The lowest BCUT2D eigenvalue weighted by Crippen LogP contribution is -2.28. The van der Waals surface area contributed by atoms with E-state index in [0.29, 0.717) is 23.9 Å². The lowest BCUT2D eigenvalue weighted by molar-refractivity contribution is 0.0763. The SMILES string of the molecule is Cc1cnc(C(=O)Nc2cc(C(=O)N(C)CCCC3CCCO3)ccc2C)cn1. The number of hydrogen-bond donors (Lipinski definition) is 1. The van der Waals surface area contributed by atoms with E-state index in [4.69, 9.17) is 4.74 Å². The van der Waals surface area contributed by atoms with Gasteiger partial charge in [0.1, 0.15) is 5.69 Å². The number of benzene rings is 1. The van der Waals surface area contributed by atoms with E-state index in [0.717, 1.165) is 43.5 Å². The Morgan fingerprint density at radius 3 is 2.76 bits per heavy atom. The minimum Gasteiger partial charge on any atom is -0.378 e. The van der Waals surface area contributed by atoms with Crippen LogP contribution in [0.2, 0.25) is 0 Å². The number of anilines is 1. The summed E-state index contributed by atoms with van der Waals surface area (Å²) in [4.78, 5) is 35.1. The van der Waals surface area contributed by atoms with Crippen molar-refractivity contribution in [3.8, 4) is 0 Å². The summed E-state index contributed by atoms with van der Waals surface area (Å²) in [5.41, 5.74) is 2.98. The average Bonchev–Trinajstić information content (AvgIpc) is 3.23. The van der Waals surface area contributed by atoms with Crippen molar-refractivity contribution in [2.75, 3.05) is 25.5 Å². The maximum absolute atomic E-state index is 12.8. The monoisotopic (exact) mass is 396 g/mol. The largest absolute Gasteiger partial charge is 0.378 e. The minimum atomic E-state index is -0.352. The Bertz CT molecular complexity index is 861. The Morgan fingerprint density at radius 2 is 2.07 bits per heavy atom. The lowest BCUT2D eigenvalue weighted by atomic mass is 10.1. The van der Waals surface area contributed by atoms with E-state index in [2.05, 4.69) is 15.3 Å². The number of rotatable bonds is 7. The predicted molar refractivity (Wildman–Crippen MR) is 111 cm³/mol. The molecular weight excluding hydrogens is 368 g/mol. The quantitative estimate of drug-likeness (QED) is 0.776. The summed E-state index contributed by atoms with van der Waals surface area (Å²) in [6.07, 6.45) is 7.46. The highest BCUT2D eigenvalue weighted by molar-refractivity contribution is 6.04. The molecule has 0 spiro atoms. The molecular formula is C22H28N4O3. The fourth-order valence-corrected chi connectivity index (χ4v) is 3.34. The molecule has 154 valence electrons. The summed E-state index contributed by atoms with van der Waals surface area (Å²) in [6.45, 7) is 5.22. The average molecular weight is 396 g/mol. The lowest BCUT2D eigenvalue weighted by Gasteiger charge is -2.19. The molecule has 1 N–H and O–H groups in total. The number of hydrogen-bond acceptors (Lipinski definition) is 5. The summed E-state index contributed by atoms with van der Waals surface area (Å²) in [5.74, 6) is -0.418. The van der Waals surface area contributed by atoms with Crippen molar-refractivity contribution in [1.29, 1.82) is 0 Å². The Balaban J connectivity index is 1.61. The number of amides is 2. The number of nitrogens with one attached hydrogen (secondary N) is 1. The molecule has 1 aromatic heterocycles. The van der Waals surface area contributed by atoms with Crippen LogP contribution in [-0.2, 0) is 4.74 Å². The van der Waals surface area contributed by atoms with E-state index >= 15 is 0 Å². The van der Waals surface area contributed by atoms with Crippen LogP contribution >= 0.6 is 0 Å². The molecule has 7 heteroatoms. The first-order valence-electron chi connectivity index (χ1n) is 10.0. The number of aryl methyl sites for hydroxylation is 2. The van der Waals surface area contributed by atoms with E-state index in [9.17, 15) is 9.59 Å². The summed E-state index contributed by atoms with van der Waals surface area (Å²) in [5, 5.41) is 2.83. The maximum Gasteiger partial charge on any atom is 0.275 e. The molecule has 3 rings (SSSR count). The molecule has 0 radical (unpaired) electrons. The topological polar surface area (TPSA) is 84.4 Å². The molecule has 29 heavy (non-hydrogen) atoms. The van der Waals surface area contributed by atoms with E-state index in [1.165, 1.54) is 6.20 Å². The number of carbonyl (C=O) groups excluding carboxylic acids is 2. The molecule has 1 atom stereocenters. The van der Waals surface area contributed by atoms with Crippen molar-refractivity contribution in [1.82, 2.24) is 14.9 Å². The molecule has 1 saturated heterocycles. The molecule has 1 unspecified atom stereocenters. The third kappa shape index (κ3) is 5.60. The van der Waals surface area contributed by atoms with Gasteiger partial charge in [-0.05, 0) is 57.2 Å². The zero-order chi connectivity index (χ0) is 20.8. The van der Waals surface area contributed by atoms with Gasteiger partial charge in [0.2, 0.25) is 0 Å². The molecule has 1 aromatic carbocycles. The second-order valence-electron chi connectivity index (χ2n) is 7.53. The molecule has 7 nitrogen and oxygen atoms in total. The van der Waals surface area contributed by atoms with E-state index < -0.39 is 0 Å². The van der Waals surface area contributed by atoms with Crippen LogP contribution in [0.1, 0.15) is 57.8 Å². The van der Waals surface area contributed by atoms with Crippen LogP contribution in [0.25, 0.3) is 0 Å². The Kier molecular flexibility index (Phi) is 6.93. The number of aromatic nitrogens is 2. The van der Waals surface area contributed by atoms with Gasteiger partial charge in [-0.1, -0.05) is 6.07 Å². The Morgan fingerprint density at radius 1 is 1.24 bits per heavy atom. The van der Waals surface area contributed by atoms with Gasteiger partial charge in [0, 0.05) is 37.6 Å². The highest BCUT2D eigenvalue weighted by atomic mass is 16.5. The standard InChI is InChI=1S/C22H28N4O3/c1-15-8-9-17(22(28)26(3)10-4-6-18-7-5-11-29-18)12-19(15)25-21(27)20-14-23-16(2)13-24-20/h8-9,12-14,18H,4-7,10-11H2,1-3H3,(H,25,27). The van der Waals surface area contributed by atoms with Crippen molar-refractivity contribution >= 4 is 17.5 Å². The first-order valence-corrected chi connectivity index (χ1v) is 10.0. The Labute approximate surface area is 171 Å².